The van der Waals surface area contributed by atoms with Gasteiger partial charge in [0, 0.05) is 37.2 Å². The van der Waals surface area contributed by atoms with Crippen LogP contribution in [0.15, 0.2) is 48.9 Å². The van der Waals surface area contributed by atoms with Crippen molar-refractivity contribution in [3.05, 3.63) is 54.7 Å². The van der Waals surface area contributed by atoms with Gasteiger partial charge >= 0.3 is 0 Å². The van der Waals surface area contributed by atoms with Crippen molar-refractivity contribution in [2.45, 2.75) is 20.0 Å². The average Bonchev–Trinajstić information content (AvgIpc) is 2.93. The van der Waals surface area contributed by atoms with E-state index in [2.05, 4.69) is 50.6 Å². The third-order valence-electron chi connectivity index (χ3n) is 3.19. The van der Waals surface area contributed by atoms with Crippen LogP contribution in [0.4, 0.5) is 0 Å². The maximum atomic E-state index is 4.23. The summed E-state index contributed by atoms with van der Waals surface area (Å²) >= 11 is 0. The smallest absolute Gasteiger partial charge is 0.105 e. The molecule has 0 radical (unpaired) electrons. The maximum Gasteiger partial charge on any atom is 0.105 e. The number of aryl methyl sites for hydroxylation is 3. The van der Waals surface area contributed by atoms with Gasteiger partial charge in [0.05, 0.1) is 0 Å². The van der Waals surface area contributed by atoms with Crippen molar-refractivity contribution in [1.29, 1.82) is 0 Å². The lowest BCUT2D eigenvalue weighted by Crippen LogP contribution is -2.07. The molecule has 0 aliphatic rings. The van der Waals surface area contributed by atoms with E-state index < -0.39 is 0 Å². The summed E-state index contributed by atoms with van der Waals surface area (Å²) in [6.07, 6.45) is 6.03. The number of rotatable bonds is 3. The van der Waals surface area contributed by atoms with E-state index in [1.807, 2.05) is 19.3 Å². The van der Waals surface area contributed by atoms with Crippen LogP contribution in [0.25, 0.3) is 10.9 Å². The Balaban J connectivity index is 1.84. The standard InChI is InChI=1S/C14H15N3/c1-12-15-7-9-16(12)10-11-17-8-6-13-4-2-3-5-14(13)17/h2-9H,10-11H2,1H3. The first-order valence-electron chi connectivity index (χ1n) is 5.86. The molecule has 0 bridgehead atoms. The molecule has 0 saturated heterocycles. The normalized spacial score (nSPS) is 11.1. The molecule has 0 spiro atoms. The Morgan fingerprint density at radius 1 is 1.00 bits per heavy atom. The van der Waals surface area contributed by atoms with Crippen LogP contribution in [0, 0.1) is 6.92 Å². The Morgan fingerprint density at radius 3 is 2.65 bits per heavy atom. The lowest BCUT2D eigenvalue weighted by molar-refractivity contribution is 0.580. The summed E-state index contributed by atoms with van der Waals surface area (Å²) in [7, 11) is 0. The van der Waals surface area contributed by atoms with Crippen molar-refractivity contribution in [2.75, 3.05) is 0 Å². The quantitative estimate of drug-likeness (QED) is 0.672. The van der Waals surface area contributed by atoms with E-state index in [0.29, 0.717) is 0 Å². The predicted octanol–water partition coefficient (Wildman–Crippen LogP) is 2.85. The molecular weight excluding hydrogens is 210 g/mol. The van der Waals surface area contributed by atoms with E-state index in [-0.39, 0.29) is 0 Å². The molecule has 0 aliphatic carbocycles. The second-order valence-electron chi connectivity index (χ2n) is 4.24. The topological polar surface area (TPSA) is 22.8 Å². The molecule has 0 fully saturated rings. The molecule has 3 heteroatoms. The van der Waals surface area contributed by atoms with Gasteiger partial charge in [-0.15, -0.1) is 0 Å². The third-order valence-corrected chi connectivity index (χ3v) is 3.19. The van der Waals surface area contributed by atoms with Crippen molar-refractivity contribution in [3.63, 3.8) is 0 Å². The lowest BCUT2D eigenvalue weighted by atomic mass is 10.2. The fourth-order valence-electron chi connectivity index (χ4n) is 2.19. The minimum Gasteiger partial charge on any atom is -0.346 e. The second kappa shape index (κ2) is 4.09. The highest BCUT2D eigenvalue weighted by atomic mass is 15.1. The van der Waals surface area contributed by atoms with E-state index in [9.17, 15) is 0 Å². The Hall–Kier alpha value is -2.03. The zero-order valence-corrected chi connectivity index (χ0v) is 9.87. The molecule has 0 amide bonds. The number of nitrogens with zero attached hydrogens (tertiary/aromatic N) is 3. The summed E-state index contributed by atoms with van der Waals surface area (Å²) in [4.78, 5) is 4.23. The Bertz CT molecular complexity index is 634. The van der Waals surface area contributed by atoms with Crippen molar-refractivity contribution >= 4 is 10.9 Å². The van der Waals surface area contributed by atoms with Crippen LogP contribution in [0.2, 0.25) is 0 Å². The number of benzene rings is 1. The van der Waals surface area contributed by atoms with Crippen LogP contribution >= 0.6 is 0 Å². The molecule has 0 saturated carbocycles. The summed E-state index contributed by atoms with van der Waals surface area (Å²) in [6.45, 7) is 3.98. The summed E-state index contributed by atoms with van der Waals surface area (Å²) in [6, 6.07) is 10.6. The largest absolute Gasteiger partial charge is 0.346 e. The van der Waals surface area contributed by atoms with E-state index in [1.165, 1.54) is 10.9 Å². The molecular formula is C14H15N3. The molecule has 17 heavy (non-hydrogen) atoms. The summed E-state index contributed by atoms with van der Waals surface area (Å²) in [5.41, 5.74) is 1.30. The lowest BCUT2D eigenvalue weighted by Gasteiger charge is -2.07. The van der Waals surface area contributed by atoms with Crippen LogP contribution in [0.5, 0.6) is 0 Å². The number of aromatic nitrogens is 3. The van der Waals surface area contributed by atoms with Gasteiger partial charge in [-0.05, 0) is 24.4 Å². The van der Waals surface area contributed by atoms with Gasteiger partial charge in [-0.3, -0.25) is 0 Å². The molecule has 0 aliphatic heterocycles. The van der Waals surface area contributed by atoms with Crippen molar-refractivity contribution in [1.82, 2.24) is 14.1 Å². The highest BCUT2D eigenvalue weighted by molar-refractivity contribution is 5.79. The van der Waals surface area contributed by atoms with Crippen LogP contribution in [0.3, 0.4) is 0 Å². The van der Waals surface area contributed by atoms with Gasteiger partial charge in [0.2, 0.25) is 0 Å². The van der Waals surface area contributed by atoms with E-state index in [1.54, 1.807) is 0 Å². The van der Waals surface area contributed by atoms with Gasteiger partial charge in [0.15, 0.2) is 0 Å². The predicted molar refractivity (Wildman–Crippen MR) is 68.9 cm³/mol. The highest BCUT2D eigenvalue weighted by Gasteiger charge is 2.01. The Labute approximate surface area is 100 Å². The van der Waals surface area contributed by atoms with Gasteiger partial charge in [-0.2, -0.15) is 0 Å². The number of hydrogen-bond donors (Lipinski definition) is 0. The van der Waals surface area contributed by atoms with Gasteiger partial charge in [-0.1, -0.05) is 18.2 Å². The molecule has 0 atom stereocenters. The van der Waals surface area contributed by atoms with E-state index in [4.69, 9.17) is 0 Å². The first-order chi connectivity index (χ1) is 8.34. The van der Waals surface area contributed by atoms with Crippen LogP contribution in [-0.2, 0) is 13.1 Å². The van der Waals surface area contributed by atoms with Crippen LogP contribution in [-0.4, -0.2) is 14.1 Å². The zero-order valence-electron chi connectivity index (χ0n) is 9.87. The van der Waals surface area contributed by atoms with Crippen LogP contribution < -0.4 is 0 Å². The second-order valence-corrected chi connectivity index (χ2v) is 4.24. The van der Waals surface area contributed by atoms with Gasteiger partial charge in [0.25, 0.3) is 0 Å². The maximum absolute atomic E-state index is 4.23. The van der Waals surface area contributed by atoms with E-state index in [0.717, 1.165) is 18.9 Å². The van der Waals surface area contributed by atoms with E-state index >= 15 is 0 Å². The average molecular weight is 225 g/mol. The molecule has 0 N–H and O–H groups in total. The molecule has 2 heterocycles. The molecule has 3 nitrogen and oxygen atoms in total. The van der Waals surface area contributed by atoms with Crippen molar-refractivity contribution in [3.8, 4) is 0 Å². The third kappa shape index (κ3) is 1.84. The van der Waals surface area contributed by atoms with Crippen LogP contribution in [0.1, 0.15) is 5.82 Å². The number of fused-ring (bicyclic) bond motifs is 1. The molecule has 1 aromatic carbocycles. The molecule has 0 unspecified atom stereocenters. The first kappa shape index (κ1) is 10.1. The molecule has 3 aromatic rings. The molecule has 3 rings (SSSR count). The highest BCUT2D eigenvalue weighted by Crippen LogP contribution is 2.15. The fraction of sp³-hybridized carbons (Fsp3) is 0.214. The summed E-state index contributed by atoms with van der Waals surface area (Å²) in [5.74, 6) is 1.07. The number of para-hydroxylation sites is 1. The van der Waals surface area contributed by atoms with Gasteiger partial charge < -0.3 is 9.13 Å². The van der Waals surface area contributed by atoms with Gasteiger partial charge in [-0.25, -0.2) is 4.98 Å². The number of imidazole rings is 1. The summed E-state index contributed by atoms with van der Waals surface area (Å²) < 4.78 is 4.46. The van der Waals surface area contributed by atoms with Crippen molar-refractivity contribution < 1.29 is 0 Å². The molecule has 2 aromatic heterocycles. The number of hydrogen-bond acceptors (Lipinski definition) is 1. The minimum absolute atomic E-state index is 0.963. The Kier molecular flexibility index (Phi) is 2.44. The fourth-order valence-corrected chi connectivity index (χ4v) is 2.19. The van der Waals surface area contributed by atoms with Crippen molar-refractivity contribution in [2.24, 2.45) is 0 Å². The van der Waals surface area contributed by atoms with Gasteiger partial charge in [0.1, 0.15) is 5.82 Å². The zero-order chi connectivity index (χ0) is 11.7. The molecule has 86 valence electrons. The monoisotopic (exact) mass is 225 g/mol. The Morgan fingerprint density at radius 2 is 1.82 bits per heavy atom. The first-order valence-corrected chi connectivity index (χ1v) is 5.86. The minimum atomic E-state index is 0.963. The summed E-state index contributed by atoms with van der Waals surface area (Å²) in [5, 5.41) is 1.30. The SMILES string of the molecule is Cc1nccn1CCn1ccc2ccccc21.